The molecule has 0 aromatic heterocycles. The van der Waals surface area contributed by atoms with E-state index in [9.17, 15) is 9.59 Å². The summed E-state index contributed by atoms with van der Waals surface area (Å²) in [6, 6.07) is 9.26. The van der Waals surface area contributed by atoms with Crippen molar-refractivity contribution in [1.82, 2.24) is 4.90 Å². The third-order valence-electron chi connectivity index (χ3n) is 3.41. The molecule has 1 aromatic carbocycles. The van der Waals surface area contributed by atoms with Gasteiger partial charge in [0.25, 0.3) is 5.91 Å². The lowest BCUT2D eigenvalue weighted by molar-refractivity contribution is -0.144. The Morgan fingerprint density at radius 2 is 1.86 bits per heavy atom. The molecule has 122 valence electrons. The monoisotopic (exact) mass is 307 g/mol. The van der Waals surface area contributed by atoms with Crippen molar-refractivity contribution in [2.45, 2.75) is 39.7 Å². The molecule has 0 spiro atoms. The lowest BCUT2D eigenvalue weighted by atomic mass is 10.2. The number of carbonyl (C=O) groups is 2. The predicted molar refractivity (Wildman–Crippen MR) is 84.7 cm³/mol. The van der Waals surface area contributed by atoms with E-state index >= 15 is 0 Å². The van der Waals surface area contributed by atoms with Gasteiger partial charge in [0.2, 0.25) is 0 Å². The molecule has 0 saturated heterocycles. The molecule has 1 amide bonds. The van der Waals surface area contributed by atoms with Gasteiger partial charge < -0.3 is 14.4 Å². The first-order valence-electron chi connectivity index (χ1n) is 7.71. The Hall–Kier alpha value is -2.04. The van der Waals surface area contributed by atoms with Crippen molar-refractivity contribution in [3.8, 4) is 5.75 Å². The van der Waals surface area contributed by atoms with E-state index in [-0.39, 0.29) is 30.9 Å². The minimum Gasteiger partial charge on any atom is -0.484 e. The van der Waals surface area contributed by atoms with Crippen molar-refractivity contribution >= 4 is 11.9 Å². The molecule has 0 bridgehead atoms. The van der Waals surface area contributed by atoms with Crippen LogP contribution < -0.4 is 4.74 Å². The minimum absolute atomic E-state index is 0.0306. The highest BCUT2D eigenvalue weighted by molar-refractivity contribution is 5.79. The van der Waals surface area contributed by atoms with Crippen LogP contribution in [0.2, 0.25) is 0 Å². The largest absolute Gasteiger partial charge is 0.484 e. The first-order valence-corrected chi connectivity index (χ1v) is 7.71. The van der Waals surface area contributed by atoms with E-state index in [1.165, 1.54) is 0 Å². The zero-order valence-electron chi connectivity index (χ0n) is 13.6. The predicted octanol–water partition coefficient (Wildman–Crippen LogP) is 2.65. The SMILES string of the molecule is CCOC(=O)CCN(C(=O)COc1ccccc1)C(C)CC. The summed E-state index contributed by atoms with van der Waals surface area (Å²) >= 11 is 0. The van der Waals surface area contributed by atoms with Gasteiger partial charge in [-0.2, -0.15) is 0 Å². The summed E-state index contributed by atoms with van der Waals surface area (Å²) in [5, 5.41) is 0. The fraction of sp³-hybridized carbons (Fsp3) is 0.529. The number of nitrogens with zero attached hydrogens (tertiary/aromatic N) is 1. The topological polar surface area (TPSA) is 55.8 Å². The second kappa shape index (κ2) is 9.82. The minimum atomic E-state index is -0.285. The van der Waals surface area contributed by atoms with Crippen LogP contribution in [0.15, 0.2) is 30.3 Å². The van der Waals surface area contributed by atoms with Crippen LogP contribution >= 0.6 is 0 Å². The third-order valence-corrected chi connectivity index (χ3v) is 3.41. The zero-order valence-corrected chi connectivity index (χ0v) is 13.6. The maximum atomic E-state index is 12.3. The number of amides is 1. The number of benzene rings is 1. The number of hydrogen-bond acceptors (Lipinski definition) is 4. The van der Waals surface area contributed by atoms with Gasteiger partial charge in [-0.15, -0.1) is 0 Å². The lowest BCUT2D eigenvalue weighted by Crippen LogP contribution is -2.42. The third kappa shape index (κ3) is 6.16. The van der Waals surface area contributed by atoms with Crippen molar-refractivity contribution in [2.75, 3.05) is 19.8 Å². The number of carbonyl (C=O) groups excluding carboxylic acids is 2. The van der Waals surface area contributed by atoms with Crippen molar-refractivity contribution in [3.05, 3.63) is 30.3 Å². The van der Waals surface area contributed by atoms with Crippen LogP contribution in [0.1, 0.15) is 33.6 Å². The van der Waals surface area contributed by atoms with Gasteiger partial charge in [0.1, 0.15) is 5.75 Å². The van der Waals surface area contributed by atoms with Crippen molar-refractivity contribution in [2.24, 2.45) is 0 Å². The second-order valence-electron chi connectivity index (χ2n) is 5.00. The summed E-state index contributed by atoms with van der Waals surface area (Å²) in [5.74, 6) is 0.250. The summed E-state index contributed by atoms with van der Waals surface area (Å²) in [7, 11) is 0. The van der Waals surface area contributed by atoms with Crippen LogP contribution in [0.5, 0.6) is 5.75 Å². The van der Waals surface area contributed by atoms with Gasteiger partial charge in [0, 0.05) is 12.6 Å². The van der Waals surface area contributed by atoms with Crippen LogP contribution in [0, 0.1) is 0 Å². The van der Waals surface area contributed by atoms with E-state index in [4.69, 9.17) is 9.47 Å². The fourth-order valence-electron chi connectivity index (χ4n) is 2.00. The quantitative estimate of drug-likeness (QED) is 0.658. The molecule has 0 saturated carbocycles. The van der Waals surface area contributed by atoms with Crippen molar-refractivity contribution in [1.29, 1.82) is 0 Å². The van der Waals surface area contributed by atoms with E-state index in [0.29, 0.717) is 18.9 Å². The number of para-hydroxylation sites is 1. The molecule has 0 N–H and O–H groups in total. The normalized spacial score (nSPS) is 11.6. The van der Waals surface area contributed by atoms with E-state index in [0.717, 1.165) is 6.42 Å². The maximum Gasteiger partial charge on any atom is 0.307 e. The Bertz CT molecular complexity index is 461. The average Bonchev–Trinajstić information content (AvgIpc) is 2.54. The molecule has 0 aliphatic rings. The Balaban J connectivity index is 2.54. The number of rotatable bonds is 9. The lowest BCUT2D eigenvalue weighted by Gasteiger charge is -2.28. The Labute approximate surface area is 132 Å². The molecule has 0 heterocycles. The Morgan fingerprint density at radius 1 is 1.18 bits per heavy atom. The van der Waals surface area contributed by atoms with E-state index < -0.39 is 0 Å². The highest BCUT2D eigenvalue weighted by atomic mass is 16.5. The van der Waals surface area contributed by atoms with Crippen molar-refractivity contribution in [3.63, 3.8) is 0 Å². The molecule has 0 aliphatic carbocycles. The standard InChI is InChI=1S/C17H25NO4/c1-4-14(3)18(12-11-17(20)21-5-2)16(19)13-22-15-9-7-6-8-10-15/h6-10,14H,4-5,11-13H2,1-3H3. The van der Waals surface area contributed by atoms with Crippen molar-refractivity contribution < 1.29 is 19.1 Å². The van der Waals surface area contributed by atoms with Crippen LogP contribution in [-0.2, 0) is 14.3 Å². The van der Waals surface area contributed by atoms with Gasteiger partial charge in [0.05, 0.1) is 13.0 Å². The van der Waals surface area contributed by atoms with E-state index in [2.05, 4.69) is 0 Å². The fourth-order valence-corrected chi connectivity index (χ4v) is 2.00. The molecular weight excluding hydrogens is 282 g/mol. The van der Waals surface area contributed by atoms with Crippen LogP contribution in [0.3, 0.4) is 0 Å². The first-order chi connectivity index (χ1) is 10.6. The average molecular weight is 307 g/mol. The highest BCUT2D eigenvalue weighted by Gasteiger charge is 2.20. The highest BCUT2D eigenvalue weighted by Crippen LogP contribution is 2.10. The second-order valence-corrected chi connectivity index (χ2v) is 5.00. The van der Waals surface area contributed by atoms with E-state index in [1.807, 2.05) is 32.0 Å². The van der Waals surface area contributed by atoms with Gasteiger partial charge in [-0.05, 0) is 32.4 Å². The summed E-state index contributed by atoms with van der Waals surface area (Å²) in [5.41, 5.74) is 0. The summed E-state index contributed by atoms with van der Waals surface area (Å²) in [4.78, 5) is 25.5. The molecule has 5 heteroatoms. The number of ether oxygens (including phenoxy) is 2. The maximum absolute atomic E-state index is 12.3. The number of hydrogen-bond donors (Lipinski definition) is 0. The van der Waals surface area contributed by atoms with Gasteiger partial charge in [-0.3, -0.25) is 9.59 Å². The molecule has 1 rings (SSSR count). The van der Waals surface area contributed by atoms with Gasteiger partial charge in [-0.25, -0.2) is 0 Å². The molecule has 1 unspecified atom stereocenters. The van der Waals surface area contributed by atoms with E-state index in [1.54, 1.807) is 24.0 Å². The number of esters is 1. The Kier molecular flexibility index (Phi) is 8.04. The zero-order chi connectivity index (χ0) is 16.4. The smallest absolute Gasteiger partial charge is 0.307 e. The molecule has 22 heavy (non-hydrogen) atoms. The van der Waals surface area contributed by atoms with Gasteiger partial charge >= 0.3 is 5.97 Å². The van der Waals surface area contributed by atoms with Crippen LogP contribution in [-0.4, -0.2) is 42.6 Å². The summed E-state index contributed by atoms with van der Waals surface area (Å²) < 4.78 is 10.4. The molecule has 1 atom stereocenters. The van der Waals surface area contributed by atoms with Crippen LogP contribution in [0.4, 0.5) is 0 Å². The molecule has 0 radical (unpaired) electrons. The molecular formula is C17H25NO4. The molecule has 1 aromatic rings. The Morgan fingerprint density at radius 3 is 2.45 bits per heavy atom. The summed E-state index contributed by atoms with van der Waals surface area (Å²) in [6.07, 6.45) is 1.02. The summed E-state index contributed by atoms with van der Waals surface area (Å²) in [6.45, 7) is 6.41. The molecule has 0 aliphatic heterocycles. The van der Waals surface area contributed by atoms with Gasteiger partial charge in [0.15, 0.2) is 6.61 Å². The van der Waals surface area contributed by atoms with Crippen LogP contribution in [0.25, 0.3) is 0 Å². The molecule has 5 nitrogen and oxygen atoms in total. The molecule has 0 fully saturated rings. The first kappa shape index (κ1) is 18.0. The van der Waals surface area contributed by atoms with Gasteiger partial charge in [-0.1, -0.05) is 25.1 Å².